The molecular formula is C13H14. The zero-order chi connectivity index (χ0) is 9.52. The van der Waals surface area contributed by atoms with Crippen LogP contribution >= 0.6 is 0 Å². The Bertz CT molecular complexity index is 309. The summed E-state index contributed by atoms with van der Waals surface area (Å²) >= 11 is 0. The predicted octanol–water partition coefficient (Wildman–Crippen LogP) is 3.29. The third-order valence-corrected chi connectivity index (χ3v) is 1.89. The van der Waals surface area contributed by atoms with E-state index in [9.17, 15) is 0 Å². The third-order valence-electron chi connectivity index (χ3n) is 1.89. The van der Waals surface area contributed by atoms with Crippen molar-refractivity contribution in [1.82, 2.24) is 0 Å². The second-order valence-corrected chi connectivity index (χ2v) is 2.99. The number of aryl methyl sites for hydroxylation is 1. The number of terminal acetylenes is 1. The van der Waals surface area contributed by atoms with Crippen LogP contribution in [-0.4, -0.2) is 0 Å². The molecular weight excluding hydrogens is 156 g/mol. The molecule has 13 heavy (non-hydrogen) atoms. The summed E-state index contributed by atoms with van der Waals surface area (Å²) in [7, 11) is 0. The standard InChI is InChI=1S/C13H14/c1-3-5-7-13-10-8-12(6-4-2)9-11-13/h1,5,7-11H,4,6H2,2H3/b7-5+. The Morgan fingerprint density at radius 2 is 2.00 bits per heavy atom. The number of hydrogen-bond donors (Lipinski definition) is 0. The Kier molecular flexibility index (Phi) is 3.85. The van der Waals surface area contributed by atoms with Crippen molar-refractivity contribution in [3.8, 4) is 12.3 Å². The van der Waals surface area contributed by atoms with E-state index in [1.165, 1.54) is 12.0 Å². The molecule has 1 aromatic carbocycles. The van der Waals surface area contributed by atoms with E-state index in [2.05, 4.69) is 37.1 Å². The zero-order valence-electron chi connectivity index (χ0n) is 7.96. The minimum atomic E-state index is 1.15. The molecule has 0 radical (unpaired) electrons. The minimum Gasteiger partial charge on any atom is -0.115 e. The minimum absolute atomic E-state index is 1.15. The van der Waals surface area contributed by atoms with Crippen LogP contribution in [0.3, 0.4) is 0 Å². The summed E-state index contributed by atoms with van der Waals surface area (Å²) in [4.78, 5) is 0. The molecule has 0 unspecified atom stereocenters. The van der Waals surface area contributed by atoms with Crippen LogP contribution in [0.25, 0.3) is 6.08 Å². The van der Waals surface area contributed by atoms with Gasteiger partial charge >= 0.3 is 0 Å². The van der Waals surface area contributed by atoms with Gasteiger partial charge in [-0.2, -0.15) is 0 Å². The predicted molar refractivity (Wildman–Crippen MR) is 58.3 cm³/mol. The van der Waals surface area contributed by atoms with Crippen LogP contribution in [-0.2, 0) is 6.42 Å². The molecule has 0 nitrogen and oxygen atoms in total. The maximum atomic E-state index is 5.12. The molecule has 0 amide bonds. The maximum Gasteiger partial charge on any atom is -0.0116 e. The molecule has 66 valence electrons. The summed E-state index contributed by atoms with van der Waals surface area (Å²) in [6, 6.07) is 8.50. The molecule has 0 aliphatic carbocycles. The van der Waals surface area contributed by atoms with E-state index in [1.54, 1.807) is 6.08 Å². The van der Waals surface area contributed by atoms with Gasteiger partial charge in [-0.05, 0) is 29.7 Å². The van der Waals surface area contributed by atoms with Crippen LogP contribution in [0.15, 0.2) is 30.3 Å². The molecule has 0 heterocycles. The maximum absolute atomic E-state index is 5.12. The van der Waals surface area contributed by atoms with Crippen molar-refractivity contribution >= 4 is 6.08 Å². The van der Waals surface area contributed by atoms with Gasteiger partial charge < -0.3 is 0 Å². The van der Waals surface area contributed by atoms with Crippen molar-refractivity contribution in [3.63, 3.8) is 0 Å². The first-order valence-corrected chi connectivity index (χ1v) is 4.58. The van der Waals surface area contributed by atoms with Crippen molar-refractivity contribution in [1.29, 1.82) is 0 Å². The lowest BCUT2D eigenvalue weighted by molar-refractivity contribution is 0.922. The largest absolute Gasteiger partial charge is 0.115 e. The monoisotopic (exact) mass is 170 g/mol. The number of rotatable bonds is 3. The van der Waals surface area contributed by atoms with Crippen LogP contribution in [0, 0.1) is 12.3 Å². The van der Waals surface area contributed by atoms with Crippen molar-refractivity contribution in [2.24, 2.45) is 0 Å². The molecule has 0 fully saturated rings. The summed E-state index contributed by atoms with van der Waals surface area (Å²) in [5, 5.41) is 0. The zero-order valence-corrected chi connectivity index (χ0v) is 7.96. The van der Waals surface area contributed by atoms with Gasteiger partial charge in [-0.25, -0.2) is 0 Å². The lowest BCUT2D eigenvalue weighted by Crippen LogP contribution is -1.81. The van der Waals surface area contributed by atoms with Gasteiger partial charge in [0.15, 0.2) is 0 Å². The molecule has 1 aromatic rings. The van der Waals surface area contributed by atoms with Crippen LogP contribution < -0.4 is 0 Å². The number of benzene rings is 1. The molecule has 0 saturated heterocycles. The van der Waals surface area contributed by atoms with Crippen LogP contribution in [0.1, 0.15) is 24.5 Å². The third kappa shape index (κ3) is 3.17. The van der Waals surface area contributed by atoms with Gasteiger partial charge in [0.2, 0.25) is 0 Å². The van der Waals surface area contributed by atoms with Crippen LogP contribution in [0.4, 0.5) is 0 Å². The van der Waals surface area contributed by atoms with Gasteiger partial charge in [0.05, 0.1) is 0 Å². The van der Waals surface area contributed by atoms with Gasteiger partial charge in [0, 0.05) is 0 Å². The summed E-state index contributed by atoms with van der Waals surface area (Å²) in [6.07, 6.45) is 11.1. The fraction of sp³-hybridized carbons (Fsp3) is 0.231. The highest BCUT2D eigenvalue weighted by atomic mass is 14.0. The summed E-state index contributed by atoms with van der Waals surface area (Å²) in [5.74, 6) is 2.48. The van der Waals surface area contributed by atoms with E-state index in [0.717, 1.165) is 12.0 Å². The fourth-order valence-corrected chi connectivity index (χ4v) is 1.23. The molecule has 0 bridgehead atoms. The highest BCUT2D eigenvalue weighted by molar-refractivity contribution is 5.52. The van der Waals surface area contributed by atoms with Gasteiger partial charge in [0.1, 0.15) is 0 Å². The molecule has 1 rings (SSSR count). The van der Waals surface area contributed by atoms with Crippen LogP contribution in [0.2, 0.25) is 0 Å². The highest BCUT2D eigenvalue weighted by Crippen LogP contribution is 2.07. The molecule has 0 saturated carbocycles. The molecule has 0 aliphatic heterocycles. The van der Waals surface area contributed by atoms with E-state index in [1.807, 2.05) is 6.08 Å². The Hall–Kier alpha value is -1.48. The van der Waals surface area contributed by atoms with E-state index in [4.69, 9.17) is 6.42 Å². The van der Waals surface area contributed by atoms with E-state index < -0.39 is 0 Å². The van der Waals surface area contributed by atoms with Gasteiger partial charge in [-0.1, -0.05) is 43.5 Å². The lowest BCUT2D eigenvalue weighted by Gasteiger charge is -1.98. The Labute approximate surface area is 80.3 Å². The fourth-order valence-electron chi connectivity index (χ4n) is 1.23. The van der Waals surface area contributed by atoms with E-state index in [-0.39, 0.29) is 0 Å². The van der Waals surface area contributed by atoms with E-state index in [0.29, 0.717) is 0 Å². The summed E-state index contributed by atoms with van der Waals surface area (Å²) in [5.41, 5.74) is 2.55. The molecule has 0 heteroatoms. The summed E-state index contributed by atoms with van der Waals surface area (Å²) < 4.78 is 0. The second-order valence-electron chi connectivity index (χ2n) is 2.99. The Balaban J connectivity index is 2.70. The Morgan fingerprint density at radius 3 is 2.54 bits per heavy atom. The normalized spacial score (nSPS) is 10.2. The smallest absolute Gasteiger partial charge is 0.0116 e. The van der Waals surface area contributed by atoms with E-state index >= 15 is 0 Å². The summed E-state index contributed by atoms with van der Waals surface area (Å²) in [6.45, 7) is 2.19. The first-order chi connectivity index (χ1) is 6.36. The van der Waals surface area contributed by atoms with Crippen molar-refractivity contribution in [2.45, 2.75) is 19.8 Å². The molecule has 0 N–H and O–H groups in total. The van der Waals surface area contributed by atoms with Gasteiger partial charge in [-0.15, -0.1) is 6.42 Å². The van der Waals surface area contributed by atoms with Crippen LogP contribution in [0.5, 0.6) is 0 Å². The van der Waals surface area contributed by atoms with Crippen molar-refractivity contribution in [2.75, 3.05) is 0 Å². The number of allylic oxidation sites excluding steroid dienone is 1. The first kappa shape index (κ1) is 9.61. The second kappa shape index (κ2) is 5.22. The van der Waals surface area contributed by atoms with Gasteiger partial charge in [-0.3, -0.25) is 0 Å². The molecule has 0 spiro atoms. The SMILES string of the molecule is C#C/C=C/c1ccc(CCC)cc1. The quantitative estimate of drug-likeness (QED) is 0.611. The Morgan fingerprint density at radius 1 is 1.31 bits per heavy atom. The topological polar surface area (TPSA) is 0 Å². The first-order valence-electron chi connectivity index (χ1n) is 4.58. The van der Waals surface area contributed by atoms with Crippen molar-refractivity contribution < 1.29 is 0 Å². The molecule has 0 atom stereocenters. The average molecular weight is 170 g/mol. The molecule has 0 aliphatic rings. The van der Waals surface area contributed by atoms with Gasteiger partial charge in [0.25, 0.3) is 0 Å². The number of hydrogen-bond acceptors (Lipinski definition) is 0. The highest BCUT2D eigenvalue weighted by Gasteiger charge is 1.89. The van der Waals surface area contributed by atoms with Crippen molar-refractivity contribution in [3.05, 3.63) is 41.5 Å². The lowest BCUT2D eigenvalue weighted by atomic mass is 10.1. The molecule has 0 aromatic heterocycles. The average Bonchev–Trinajstić information content (AvgIpc) is 2.17.